The molecule has 1 heterocycles. The molecule has 1 rings (SSSR count). The van der Waals surface area contributed by atoms with Gasteiger partial charge in [-0.25, -0.2) is 9.18 Å². The number of rotatable bonds is 1. The zero-order valence-electron chi connectivity index (χ0n) is 9.63. The van der Waals surface area contributed by atoms with Gasteiger partial charge >= 0.3 is 6.09 Å². The lowest BCUT2D eigenvalue weighted by molar-refractivity contribution is -0.0450. The van der Waals surface area contributed by atoms with Crippen LogP contribution in [0.2, 0.25) is 0 Å². The molecule has 0 aromatic heterocycles. The first kappa shape index (κ1) is 12.2. The summed E-state index contributed by atoms with van der Waals surface area (Å²) in [5, 5.41) is 3.18. The first-order chi connectivity index (χ1) is 6.64. The molecular formula is C10H19FN2O2. The van der Waals surface area contributed by atoms with Crippen LogP contribution in [0.1, 0.15) is 34.1 Å². The Bertz CT molecular complexity index is 266. The average molecular weight is 218 g/mol. The van der Waals surface area contributed by atoms with E-state index in [0.717, 1.165) is 0 Å². The van der Waals surface area contributed by atoms with Crippen molar-refractivity contribution in [3.05, 3.63) is 0 Å². The van der Waals surface area contributed by atoms with Crippen LogP contribution in [0.5, 0.6) is 0 Å². The molecule has 88 valence electrons. The summed E-state index contributed by atoms with van der Waals surface area (Å²) in [6, 6.07) is 0. The van der Waals surface area contributed by atoms with Gasteiger partial charge in [0, 0.05) is 17.5 Å². The largest absolute Gasteiger partial charge is 0.443 e. The van der Waals surface area contributed by atoms with E-state index in [1.54, 1.807) is 13.8 Å². The van der Waals surface area contributed by atoms with Crippen molar-refractivity contribution in [2.24, 2.45) is 5.73 Å². The molecule has 15 heavy (non-hydrogen) atoms. The van der Waals surface area contributed by atoms with Crippen LogP contribution in [0.25, 0.3) is 0 Å². The van der Waals surface area contributed by atoms with E-state index in [9.17, 15) is 9.18 Å². The number of hydrogen-bond donors (Lipinski definition) is 2. The second-order valence-electron chi connectivity index (χ2n) is 5.31. The quantitative estimate of drug-likeness (QED) is 0.698. The SMILES string of the molecule is CC1(C)C[C@H](OC(N)=O)[C@@H](F)C(C)(C)N1. The second-order valence-corrected chi connectivity index (χ2v) is 5.31. The van der Waals surface area contributed by atoms with Gasteiger partial charge in [0.15, 0.2) is 6.17 Å². The number of nitrogens with two attached hydrogens (primary N) is 1. The van der Waals surface area contributed by atoms with E-state index in [-0.39, 0.29) is 5.54 Å². The Balaban J connectivity index is 2.83. The molecule has 0 aromatic rings. The number of ether oxygens (including phenoxy) is 1. The predicted molar refractivity (Wildman–Crippen MR) is 55.3 cm³/mol. The predicted octanol–water partition coefficient (Wildman–Crippen LogP) is 1.34. The lowest BCUT2D eigenvalue weighted by atomic mass is 9.79. The third-order valence-electron chi connectivity index (χ3n) is 2.66. The highest BCUT2D eigenvalue weighted by molar-refractivity contribution is 5.64. The van der Waals surface area contributed by atoms with Gasteiger partial charge in [0.1, 0.15) is 6.10 Å². The Morgan fingerprint density at radius 3 is 2.47 bits per heavy atom. The summed E-state index contributed by atoms with van der Waals surface area (Å²) in [7, 11) is 0. The van der Waals surface area contributed by atoms with Crippen molar-refractivity contribution >= 4 is 6.09 Å². The minimum Gasteiger partial charge on any atom is -0.443 e. The normalized spacial score (nSPS) is 33.4. The van der Waals surface area contributed by atoms with Crippen LogP contribution < -0.4 is 11.1 Å². The van der Waals surface area contributed by atoms with Crippen molar-refractivity contribution < 1.29 is 13.9 Å². The zero-order chi connectivity index (χ0) is 11.9. The van der Waals surface area contributed by atoms with Gasteiger partial charge in [0.2, 0.25) is 0 Å². The van der Waals surface area contributed by atoms with Gasteiger partial charge in [-0.05, 0) is 27.7 Å². The zero-order valence-corrected chi connectivity index (χ0v) is 9.63. The Morgan fingerprint density at radius 2 is 2.00 bits per heavy atom. The molecule has 0 aliphatic carbocycles. The van der Waals surface area contributed by atoms with Crippen molar-refractivity contribution in [2.75, 3.05) is 0 Å². The van der Waals surface area contributed by atoms with Crippen molar-refractivity contribution in [1.29, 1.82) is 0 Å². The topological polar surface area (TPSA) is 64.3 Å². The molecule has 0 unspecified atom stereocenters. The van der Waals surface area contributed by atoms with E-state index < -0.39 is 23.9 Å². The first-order valence-corrected chi connectivity index (χ1v) is 5.03. The van der Waals surface area contributed by atoms with Gasteiger partial charge < -0.3 is 15.8 Å². The number of piperidine rings is 1. The van der Waals surface area contributed by atoms with Gasteiger partial charge in [-0.15, -0.1) is 0 Å². The van der Waals surface area contributed by atoms with Crippen LogP contribution in [-0.4, -0.2) is 29.4 Å². The number of nitrogens with one attached hydrogen (secondary N) is 1. The minimum absolute atomic E-state index is 0.272. The monoisotopic (exact) mass is 218 g/mol. The van der Waals surface area contributed by atoms with E-state index in [1.807, 2.05) is 13.8 Å². The minimum atomic E-state index is -1.25. The van der Waals surface area contributed by atoms with Crippen LogP contribution in [0, 0.1) is 0 Å². The standard InChI is InChI=1S/C10H19FN2O2/c1-9(2)5-6(15-8(12)14)7(11)10(3,4)13-9/h6-7,13H,5H2,1-4H3,(H2,12,14)/t6-,7+/m0/s1. The summed E-state index contributed by atoms with van der Waals surface area (Å²) in [4.78, 5) is 10.6. The average Bonchev–Trinajstić information content (AvgIpc) is 1.95. The van der Waals surface area contributed by atoms with Crippen LogP contribution in [0.4, 0.5) is 9.18 Å². The van der Waals surface area contributed by atoms with Crippen LogP contribution in [-0.2, 0) is 4.74 Å². The van der Waals surface area contributed by atoms with Gasteiger partial charge in [-0.1, -0.05) is 0 Å². The van der Waals surface area contributed by atoms with E-state index in [1.165, 1.54) is 0 Å². The van der Waals surface area contributed by atoms with E-state index >= 15 is 0 Å². The molecule has 1 aliphatic rings. The fourth-order valence-corrected chi connectivity index (χ4v) is 2.31. The number of primary amides is 1. The lowest BCUT2D eigenvalue weighted by Gasteiger charge is -2.47. The van der Waals surface area contributed by atoms with Gasteiger partial charge in [0.25, 0.3) is 0 Å². The number of hydrogen-bond acceptors (Lipinski definition) is 3. The number of halogens is 1. The number of carbonyl (C=O) groups is 1. The molecule has 1 fully saturated rings. The maximum Gasteiger partial charge on any atom is 0.404 e. The van der Waals surface area contributed by atoms with Crippen LogP contribution >= 0.6 is 0 Å². The second kappa shape index (κ2) is 3.63. The van der Waals surface area contributed by atoms with Gasteiger partial charge in [0.05, 0.1) is 0 Å². The van der Waals surface area contributed by atoms with E-state index in [2.05, 4.69) is 5.32 Å². The Morgan fingerprint density at radius 1 is 1.47 bits per heavy atom. The van der Waals surface area contributed by atoms with Crippen molar-refractivity contribution in [2.45, 2.75) is 57.5 Å². The van der Waals surface area contributed by atoms with Crippen LogP contribution in [0.3, 0.4) is 0 Å². The Labute approximate surface area is 89.3 Å². The third-order valence-corrected chi connectivity index (χ3v) is 2.66. The molecule has 1 saturated heterocycles. The van der Waals surface area contributed by atoms with Gasteiger partial charge in [-0.2, -0.15) is 0 Å². The van der Waals surface area contributed by atoms with Crippen molar-refractivity contribution in [1.82, 2.24) is 5.32 Å². The van der Waals surface area contributed by atoms with Crippen LogP contribution in [0.15, 0.2) is 0 Å². The molecule has 0 radical (unpaired) electrons. The molecule has 4 nitrogen and oxygen atoms in total. The van der Waals surface area contributed by atoms with Crippen molar-refractivity contribution in [3.63, 3.8) is 0 Å². The van der Waals surface area contributed by atoms with Gasteiger partial charge in [-0.3, -0.25) is 0 Å². The highest BCUT2D eigenvalue weighted by Crippen LogP contribution is 2.32. The molecule has 0 spiro atoms. The lowest BCUT2D eigenvalue weighted by Crippen LogP contribution is -2.66. The highest BCUT2D eigenvalue weighted by Gasteiger charge is 2.47. The molecular weight excluding hydrogens is 199 g/mol. The Kier molecular flexibility index (Phi) is 2.96. The summed E-state index contributed by atoms with van der Waals surface area (Å²) in [5.41, 5.74) is 3.92. The fourth-order valence-electron chi connectivity index (χ4n) is 2.31. The summed E-state index contributed by atoms with van der Waals surface area (Å²) < 4.78 is 18.7. The molecule has 5 heteroatoms. The molecule has 1 aliphatic heterocycles. The number of amides is 1. The molecule has 1 amide bonds. The molecule has 0 saturated carbocycles. The smallest absolute Gasteiger partial charge is 0.404 e. The summed E-state index contributed by atoms with van der Waals surface area (Å²) in [6.07, 6.45) is -2.52. The fraction of sp³-hybridized carbons (Fsp3) is 0.900. The molecule has 0 aromatic carbocycles. The van der Waals surface area contributed by atoms with E-state index in [4.69, 9.17) is 10.5 Å². The number of alkyl halides is 1. The maximum atomic E-state index is 13.9. The summed E-state index contributed by atoms with van der Waals surface area (Å²) >= 11 is 0. The molecule has 2 atom stereocenters. The third kappa shape index (κ3) is 2.81. The van der Waals surface area contributed by atoms with Crippen molar-refractivity contribution in [3.8, 4) is 0 Å². The summed E-state index contributed by atoms with van der Waals surface area (Å²) in [5.74, 6) is 0. The first-order valence-electron chi connectivity index (χ1n) is 5.03. The Hall–Kier alpha value is -0.840. The van der Waals surface area contributed by atoms with E-state index in [0.29, 0.717) is 6.42 Å². The molecule has 3 N–H and O–H groups in total. The highest BCUT2D eigenvalue weighted by atomic mass is 19.1. The molecule has 0 bridgehead atoms. The maximum absolute atomic E-state index is 13.9. The number of carbonyl (C=O) groups excluding carboxylic acids is 1. The summed E-state index contributed by atoms with van der Waals surface area (Å²) in [6.45, 7) is 7.38.